The number of methoxy groups -OCH3 is 2. The van der Waals surface area contributed by atoms with Crippen LogP contribution in [0.15, 0.2) is 70.5 Å². The number of benzene rings is 3. The van der Waals surface area contributed by atoms with Crippen molar-refractivity contribution < 1.29 is 35.8 Å². The Balaban J connectivity index is 1.43. The van der Waals surface area contributed by atoms with Gasteiger partial charge in [0.15, 0.2) is 11.5 Å². The summed E-state index contributed by atoms with van der Waals surface area (Å²) in [6, 6.07) is 15.7. The Hall–Kier alpha value is -3.81. The van der Waals surface area contributed by atoms with E-state index in [1.807, 2.05) is 19.9 Å². The third kappa shape index (κ3) is 7.59. The first kappa shape index (κ1) is 32.1. The summed E-state index contributed by atoms with van der Waals surface area (Å²) in [6.07, 6.45) is 1.72. The molecule has 0 aliphatic carbocycles. The molecule has 1 saturated heterocycles. The van der Waals surface area contributed by atoms with Crippen LogP contribution in [-0.4, -0.2) is 74.1 Å². The fourth-order valence-corrected chi connectivity index (χ4v) is 7.78. The third-order valence-corrected chi connectivity index (χ3v) is 10.6. The summed E-state index contributed by atoms with van der Waals surface area (Å²) in [5, 5.41) is 2.70. The number of sulfonamides is 2. The van der Waals surface area contributed by atoms with Crippen LogP contribution in [0.2, 0.25) is 0 Å². The average Bonchev–Trinajstić information content (AvgIpc) is 3.54. The molecule has 0 spiro atoms. The van der Waals surface area contributed by atoms with Crippen molar-refractivity contribution in [1.29, 1.82) is 0 Å². The van der Waals surface area contributed by atoms with Gasteiger partial charge in [-0.3, -0.25) is 9.10 Å². The molecule has 1 aliphatic heterocycles. The van der Waals surface area contributed by atoms with E-state index in [0.717, 1.165) is 28.3 Å². The molecule has 1 amide bonds. The van der Waals surface area contributed by atoms with E-state index >= 15 is 0 Å². The Morgan fingerprint density at radius 1 is 0.837 bits per heavy atom. The zero-order valence-corrected chi connectivity index (χ0v) is 26.3. The third-order valence-electron chi connectivity index (χ3n) is 6.94. The molecule has 0 unspecified atom stereocenters. The minimum absolute atomic E-state index is 0.0596. The van der Waals surface area contributed by atoms with E-state index in [1.54, 1.807) is 24.3 Å². The molecule has 0 radical (unpaired) electrons. The van der Waals surface area contributed by atoms with E-state index < -0.39 is 32.5 Å². The number of amides is 1. The maximum Gasteiger partial charge on any atom is 0.264 e. The summed E-state index contributed by atoms with van der Waals surface area (Å²) >= 11 is 0. The highest BCUT2D eigenvalue weighted by Gasteiger charge is 2.29. The Morgan fingerprint density at radius 3 is 2.05 bits per heavy atom. The van der Waals surface area contributed by atoms with E-state index in [4.69, 9.17) is 14.2 Å². The number of hydrogen-bond donors (Lipinski definition) is 1. The van der Waals surface area contributed by atoms with Crippen LogP contribution in [0.5, 0.6) is 17.2 Å². The van der Waals surface area contributed by atoms with Crippen molar-refractivity contribution in [3.05, 3.63) is 71.8 Å². The van der Waals surface area contributed by atoms with Crippen molar-refractivity contribution in [2.75, 3.05) is 51.3 Å². The van der Waals surface area contributed by atoms with Crippen LogP contribution in [0.4, 0.5) is 5.69 Å². The van der Waals surface area contributed by atoms with Crippen molar-refractivity contribution in [3.8, 4) is 17.2 Å². The number of nitrogens with zero attached hydrogens (tertiary/aromatic N) is 2. The van der Waals surface area contributed by atoms with Crippen LogP contribution in [-0.2, 0) is 24.8 Å². The van der Waals surface area contributed by atoms with E-state index in [9.17, 15) is 21.6 Å². The van der Waals surface area contributed by atoms with Gasteiger partial charge in [0.2, 0.25) is 15.9 Å². The van der Waals surface area contributed by atoms with Crippen molar-refractivity contribution in [3.63, 3.8) is 0 Å². The summed E-state index contributed by atoms with van der Waals surface area (Å²) in [4.78, 5) is 13.1. The molecular weight excluding hydrogens is 594 g/mol. The molecule has 13 heteroatoms. The van der Waals surface area contributed by atoms with Crippen LogP contribution in [0.25, 0.3) is 0 Å². The molecule has 11 nitrogen and oxygen atoms in total. The van der Waals surface area contributed by atoms with Gasteiger partial charge in [0.25, 0.3) is 10.0 Å². The summed E-state index contributed by atoms with van der Waals surface area (Å²) < 4.78 is 71.8. The number of ether oxygens (including phenoxy) is 3. The molecule has 232 valence electrons. The first-order valence-corrected chi connectivity index (χ1v) is 16.7. The molecule has 3 aromatic rings. The monoisotopic (exact) mass is 631 g/mol. The second-order valence-corrected chi connectivity index (χ2v) is 14.0. The normalized spacial score (nSPS) is 13.9. The number of nitrogens with one attached hydrogen (secondary N) is 1. The molecule has 43 heavy (non-hydrogen) atoms. The van der Waals surface area contributed by atoms with E-state index in [2.05, 4.69) is 5.32 Å². The van der Waals surface area contributed by atoms with Crippen molar-refractivity contribution >= 4 is 31.6 Å². The smallest absolute Gasteiger partial charge is 0.264 e. The fourth-order valence-electron chi connectivity index (χ4n) is 4.84. The molecule has 0 saturated carbocycles. The van der Waals surface area contributed by atoms with Gasteiger partial charge in [-0.25, -0.2) is 16.8 Å². The van der Waals surface area contributed by atoms with E-state index in [0.29, 0.717) is 30.3 Å². The number of carbonyl (C=O) groups is 1. The molecule has 0 aromatic heterocycles. The van der Waals surface area contributed by atoms with Gasteiger partial charge < -0.3 is 19.5 Å². The first-order chi connectivity index (χ1) is 20.4. The molecule has 1 fully saturated rings. The Kier molecular flexibility index (Phi) is 10.2. The highest BCUT2D eigenvalue weighted by atomic mass is 32.2. The Morgan fingerprint density at radius 2 is 1.44 bits per heavy atom. The van der Waals surface area contributed by atoms with Gasteiger partial charge in [0.1, 0.15) is 18.9 Å². The van der Waals surface area contributed by atoms with Crippen molar-refractivity contribution in [2.24, 2.45) is 0 Å². The molecule has 3 aromatic carbocycles. The minimum Gasteiger partial charge on any atom is -0.493 e. The summed E-state index contributed by atoms with van der Waals surface area (Å²) in [7, 11) is -4.83. The molecule has 0 bridgehead atoms. The molecular formula is C30H37N3O8S2. The minimum atomic E-state index is -4.18. The van der Waals surface area contributed by atoms with Crippen molar-refractivity contribution in [1.82, 2.24) is 9.62 Å². The maximum absolute atomic E-state index is 13.8. The molecule has 4 rings (SSSR count). The van der Waals surface area contributed by atoms with Gasteiger partial charge in [-0.05, 0) is 86.3 Å². The Labute approximate surface area is 253 Å². The SMILES string of the molecule is COc1ccc(S(=O)(=O)N(CC(=O)NCCOc2ccc(S(=O)(=O)N3CCCC3)cc2)c2cc(C)cc(C)c2)cc1OC. The number of hydrogen-bond acceptors (Lipinski definition) is 8. The lowest BCUT2D eigenvalue weighted by Gasteiger charge is -2.25. The summed E-state index contributed by atoms with van der Waals surface area (Å²) in [5.74, 6) is 0.536. The van der Waals surface area contributed by atoms with E-state index in [1.165, 1.54) is 48.9 Å². The van der Waals surface area contributed by atoms with Gasteiger partial charge in [-0.15, -0.1) is 0 Å². The molecule has 1 aliphatic rings. The molecule has 0 atom stereocenters. The second kappa shape index (κ2) is 13.7. The topological polar surface area (TPSA) is 132 Å². The van der Waals surface area contributed by atoms with Crippen LogP contribution < -0.4 is 23.8 Å². The quantitative estimate of drug-likeness (QED) is 0.284. The fraction of sp³-hybridized carbons (Fsp3) is 0.367. The van der Waals surface area contributed by atoms with Gasteiger partial charge in [0, 0.05) is 19.2 Å². The lowest BCUT2D eigenvalue weighted by Crippen LogP contribution is -2.42. The number of anilines is 1. The van der Waals surface area contributed by atoms with Crippen LogP contribution in [0.1, 0.15) is 24.0 Å². The molecule has 1 N–H and O–H groups in total. The standard InChI is InChI=1S/C30H37N3O8S2/c1-22-17-23(2)19-24(18-22)33(43(37,38)27-11-12-28(39-3)29(20-27)40-4)21-30(34)31-13-16-41-25-7-9-26(10-8-25)42(35,36)32-14-5-6-15-32/h7-12,17-20H,5-6,13-16,21H2,1-4H3,(H,31,34). The zero-order chi connectivity index (χ0) is 31.2. The lowest BCUT2D eigenvalue weighted by molar-refractivity contribution is -0.119. The van der Waals surface area contributed by atoms with Crippen LogP contribution >= 0.6 is 0 Å². The van der Waals surface area contributed by atoms with Gasteiger partial charge >= 0.3 is 0 Å². The van der Waals surface area contributed by atoms with Crippen LogP contribution in [0.3, 0.4) is 0 Å². The molecule has 1 heterocycles. The van der Waals surface area contributed by atoms with Crippen LogP contribution in [0, 0.1) is 13.8 Å². The van der Waals surface area contributed by atoms with Gasteiger partial charge in [-0.1, -0.05) is 6.07 Å². The highest BCUT2D eigenvalue weighted by molar-refractivity contribution is 7.92. The van der Waals surface area contributed by atoms with Gasteiger partial charge in [-0.2, -0.15) is 4.31 Å². The number of carbonyl (C=O) groups excluding carboxylic acids is 1. The number of rotatable bonds is 13. The first-order valence-electron chi connectivity index (χ1n) is 13.8. The average molecular weight is 632 g/mol. The van der Waals surface area contributed by atoms with Crippen molar-refractivity contribution in [2.45, 2.75) is 36.5 Å². The Bertz CT molecular complexity index is 1630. The summed E-state index contributed by atoms with van der Waals surface area (Å²) in [5.41, 5.74) is 2.04. The maximum atomic E-state index is 13.8. The predicted octanol–water partition coefficient (Wildman–Crippen LogP) is 3.50. The highest BCUT2D eigenvalue weighted by Crippen LogP contribution is 2.32. The second-order valence-electron chi connectivity index (χ2n) is 10.2. The number of aryl methyl sites for hydroxylation is 2. The largest absolute Gasteiger partial charge is 0.493 e. The van der Waals surface area contributed by atoms with Gasteiger partial charge in [0.05, 0.1) is 36.2 Å². The predicted molar refractivity (Wildman–Crippen MR) is 163 cm³/mol. The zero-order valence-electron chi connectivity index (χ0n) is 24.7. The lowest BCUT2D eigenvalue weighted by atomic mass is 10.1. The summed E-state index contributed by atoms with van der Waals surface area (Å²) in [6.45, 7) is 4.48. The van der Waals surface area contributed by atoms with E-state index in [-0.39, 0.29) is 28.7 Å².